The van der Waals surface area contributed by atoms with Gasteiger partial charge in [-0.3, -0.25) is 0 Å². The molecule has 2 heteroatoms. The molecule has 0 aliphatic carbocycles. The second-order valence-electron chi connectivity index (χ2n) is 3.35. The van der Waals surface area contributed by atoms with Crippen molar-refractivity contribution in [1.82, 2.24) is 0 Å². The average molecular weight is 241 g/mol. The second-order valence-corrected chi connectivity index (χ2v) is 19.8. The standard InChI is InChI=1S/C3H6Cl.3CH3.Sn/c1-2-3-4;;;;/h1-3H2;3*1H3;. The zero-order chi connectivity index (χ0) is 6.62. The predicted molar refractivity (Wildman–Crippen MR) is 43.5 cm³/mol. The zero-order valence-electron chi connectivity index (χ0n) is 6.00. The molecular weight excluding hydrogens is 226 g/mol. The summed E-state index contributed by atoms with van der Waals surface area (Å²) >= 11 is 4.15. The van der Waals surface area contributed by atoms with Gasteiger partial charge in [0, 0.05) is 0 Å². The van der Waals surface area contributed by atoms with Crippen molar-refractivity contribution in [2.75, 3.05) is 5.88 Å². The van der Waals surface area contributed by atoms with Crippen LogP contribution in [-0.4, -0.2) is 24.3 Å². The Morgan fingerprint density at radius 2 is 1.75 bits per heavy atom. The Hall–Kier alpha value is 1.09. The van der Waals surface area contributed by atoms with Crippen LogP contribution in [0.3, 0.4) is 0 Å². The van der Waals surface area contributed by atoms with Crippen LogP contribution in [0.1, 0.15) is 6.42 Å². The normalized spacial score (nSPS) is 12.0. The SMILES string of the molecule is [CH3][Sn]([CH3])([CH3])[CH2]CCCl. The van der Waals surface area contributed by atoms with Gasteiger partial charge in [-0.25, -0.2) is 0 Å². The quantitative estimate of drug-likeness (QED) is 0.526. The van der Waals surface area contributed by atoms with E-state index in [2.05, 4.69) is 14.8 Å². The van der Waals surface area contributed by atoms with Crippen molar-refractivity contribution in [3.05, 3.63) is 0 Å². The van der Waals surface area contributed by atoms with E-state index in [0.29, 0.717) is 0 Å². The molecular formula is C6H15ClSn. The first-order valence-corrected chi connectivity index (χ1v) is 14.2. The van der Waals surface area contributed by atoms with E-state index in [-0.39, 0.29) is 0 Å². The van der Waals surface area contributed by atoms with Crippen molar-refractivity contribution >= 4 is 30.0 Å². The first-order valence-electron chi connectivity index (χ1n) is 3.12. The van der Waals surface area contributed by atoms with Crippen LogP contribution in [0.5, 0.6) is 0 Å². The van der Waals surface area contributed by atoms with E-state index >= 15 is 0 Å². The molecule has 50 valence electrons. The van der Waals surface area contributed by atoms with Gasteiger partial charge in [0.05, 0.1) is 0 Å². The van der Waals surface area contributed by atoms with Gasteiger partial charge in [0.2, 0.25) is 0 Å². The molecule has 0 aliphatic heterocycles. The van der Waals surface area contributed by atoms with Gasteiger partial charge in [-0.1, -0.05) is 0 Å². The van der Waals surface area contributed by atoms with Crippen molar-refractivity contribution in [3.8, 4) is 0 Å². The molecule has 0 aliphatic rings. The van der Waals surface area contributed by atoms with Gasteiger partial charge in [0.15, 0.2) is 0 Å². The average Bonchev–Trinajstić information content (AvgIpc) is 1.59. The fourth-order valence-corrected chi connectivity index (χ4v) is 4.90. The fraction of sp³-hybridized carbons (Fsp3) is 1.00. The van der Waals surface area contributed by atoms with E-state index in [1.165, 1.54) is 10.9 Å². The van der Waals surface area contributed by atoms with E-state index in [1.54, 1.807) is 0 Å². The number of halogens is 1. The molecule has 0 rings (SSSR count). The molecule has 8 heavy (non-hydrogen) atoms. The van der Waals surface area contributed by atoms with E-state index in [9.17, 15) is 0 Å². The summed E-state index contributed by atoms with van der Waals surface area (Å²) in [6.45, 7) is 0. The Balaban J connectivity index is 3.11. The van der Waals surface area contributed by atoms with Crippen LogP contribution in [0, 0.1) is 0 Å². The number of hydrogen-bond acceptors (Lipinski definition) is 0. The summed E-state index contributed by atoms with van der Waals surface area (Å²) < 4.78 is 1.44. The number of hydrogen-bond donors (Lipinski definition) is 0. The Morgan fingerprint density at radius 3 is 1.88 bits per heavy atom. The van der Waals surface area contributed by atoms with E-state index in [0.717, 1.165) is 5.88 Å². The molecule has 0 atom stereocenters. The van der Waals surface area contributed by atoms with Gasteiger partial charge < -0.3 is 0 Å². The topological polar surface area (TPSA) is 0 Å². The maximum absolute atomic E-state index is 5.54. The summed E-state index contributed by atoms with van der Waals surface area (Å²) in [6, 6.07) is 0. The monoisotopic (exact) mass is 242 g/mol. The molecule has 0 nitrogen and oxygen atoms in total. The van der Waals surface area contributed by atoms with Crippen LogP contribution >= 0.6 is 11.6 Å². The van der Waals surface area contributed by atoms with Crippen LogP contribution in [0.2, 0.25) is 19.3 Å². The molecule has 0 saturated heterocycles. The Labute approximate surface area is 61.5 Å². The Morgan fingerprint density at radius 1 is 1.25 bits per heavy atom. The summed E-state index contributed by atoms with van der Waals surface area (Å²) in [5, 5.41) is 0. The predicted octanol–water partition coefficient (Wildman–Crippen LogP) is 2.95. The van der Waals surface area contributed by atoms with Gasteiger partial charge in [0.1, 0.15) is 0 Å². The molecule has 0 aromatic rings. The van der Waals surface area contributed by atoms with Crippen LogP contribution in [0.25, 0.3) is 0 Å². The Bertz CT molecular complexity index is 56.0. The number of rotatable bonds is 3. The third-order valence-electron chi connectivity index (χ3n) is 1.06. The molecule has 0 amide bonds. The molecule has 0 radical (unpaired) electrons. The van der Waals surface area contributed by atoms with Crippen molar-refractivity contribution in [1.29, 1.82) is 0 Å². The molecule has 0 N–H and O–H groups in total. The van der Waals surface area contributed by atoms with E-state index in [1.807, 2.05) is 0 Å². The van der Waals surface area contributed by atoms with Crippen LogP contribution in [-0.2, 0) is 0 Å². The van der Waals surface area contributed by atoms with Gasteiger partial charge >= 0.3 is 61.5 Å². The molecule has 0 unspecified atom stereocenters. The molecule has 0 heterocycles. The molecule has 0 saturated carbocycles. The first-order chi connectivity index (χ1) is 3.56. The van der Waals surface area contributed by atoms with Crippen molar-refractivity contribution < 1.29 is 0 Å². The summed E-state index contributed by atoms with van der Waals surface area (Å²) in [4.78, 5) is 7.34. The zero-order valence-corrected chi connectivity index (χ0v) is 9.61. The minimum atomic E-state index is -1.39. The maximum atomic E-state index is 5.54. The molecule has 0 spiro atoms. The van der Waals surface area contributed by atoms with Gasteiger partial charge in [-0.2, -0.15) is 0 Å². The third kappa shape index (κ3) is 7.09. The summed E-state index contributed by atoms with van der Waals surface area (Å²) in [7, 11) is 0. The van der Waals surface area contributed by atoms with E-state index in [4.69, 9.17) is 11.6 Å². The summed E-state index contributed by atoms with van der Waals surface area (Å²) in [5.41, 5.74) is 0. The Kier molecular flexibility index (Phi) is 4.54. The van der Waals surface area contributed by atoms with Crippen molar-refractivity contribution in [2.45, 2.75) is 25.7 Å². The van der Waals surface area contributed by atoms with Gasteiger partial charge in [0.25, 0.3) is 0 Å². The first kappa shape index (κ1) is 9.09. The number of alkyl halides is 1. The van der Waals surface area contributed by atoms with Crippen LogP contribution < -0.4 is 0 Å². The van der Waals surface area contributed by atoms with Crippen molar-refractivity contribution in [3.63, 3.8) is 0 Å². The molecule has 0 aromatic heterocycles. The van der Waals surface area contributed by atoms with E-state index < -0.39 is 18.4 Å². The van der Waals surface area contributed by atoms with Gasteiger partial charge in [-0.05, 0) is 0 Å². The molecule has 0 fully saturated rings. The summed E-state index contributed by atoms with van der Waals surface area (Å²) in [5.74, 6) is 0.855. The van der Waals surface area contributed by atoms with Crippen molar-refractivity contribution in [2.24, 2.45) is 0 Å². The summed E-state index contributed by atoms with van der Waals surface area (Å²) in [6.07, 6.45) is 1.24. The molecule has 0 aromatic carbocycles. The van der Waals surface area contributed by atoms with Gasteiger partial charge in [-0.15, -0.1) is 0 Å². The molecule has 0 bridgehead atoms. The second kappa shape index (κ2) is 3.99. The van der Waals surface area contributed by atoms with Crippen LogP contribution in [0.4, 0.5) is 0 Å². The third-order valence-corrected chi connectivity index (χ3v) is 6.62. The van der Waals surface area contributed by atoms with Crippen LogP contribution in [0.15, 0.2) is 0 Å². The minimum absolute atomic E-state index is 0.855. The fourth-order valence-electron chi connectivity index (χ4n) is 0.597.